The normalized spacial score (nSPS) is 10.9. The number of amides is 1. The maximum atomic E-state index is 13.5. The third-order valence-electron chi connectivity index (χ3n) is 5.15. The third kappa shape index (κ3) is 6.05. The molecule has 4 aromatic carbocycles. The highest BCUT2D eigenvalue weighted by atomic mass is 35.5. The van der Waals surface area contributed by atoms with Crippen LogP contribution in [0.15, 0.2) is 108 Å². The molecule has 0 unspecified atom stereocenters. The molecule has 4 aromatic rings. The van der Waals surface area contributed by atoms with Gasteiger partial charge in [-0.1, -0.05) is 60.1 Å². The molecule has 1 N–H and O–H groups in total. The van der Waals surface area contributed by atoms with E-state index in [1.165, 1.54) is 54.6 Å². The highest BCUT2D eigenvalue weighted by molar-refractivity contribution is 7.92. The van der Waals surface area contributed by atoms with E-state index in [2.05, 4.69) is 5.32 Å². The molecule has 188 valence electrons. The van der Waals surface area contributed by atoms with Crippen molar-refractivity contribution in [2.24, 2.45) is 0 Å². The molecule has 4 rings (SSSR count). The number of hydrogen-bond donors (Lipinski definition) is 1. The van der Waals surface area contributed by atoms with E-state index in [-0.39, 0.29) is 22.0 Å². The largest absolute Gasteiger partial charge is 0.455 e. The fourth-order valence-corrected chi connectivity index (χ4v) is 5.10. The van der Waals surface area contributed by atoms with Crippen LogP contribution in [0.3, 0.4) is 0 Å². The van der Waals surface area contributed by atoms with Crippen molar-refractivity contribution >= 4 is 44.6 Å². The molecule has 37 heavy (non-hydrogen) atoms. The van der Waals surface area contributed by atoms with E-state index in [0.29, 0.717) is 15.1 Å². The molecule has 0 spiro atoms. The van der Waals surface area contributed by atoms with Gasteiger partial charge in [0.1, 0.15) is 18.0 Å². The maximum Gasteiger partial charge on any atom is 0.293 e. The lowest BCUT2D eigenvalue weighted by molar-refractivity contribution is -0.384. The SMILES string of the molecule is O=C(CN(c1ccccc1[N+](=O)[O-])S(=O)(=O)c1ccccc1)Nc1cc(Cl)ccc1Oc1ccccc1. The minimum atomic E-state index is -4.35. The zero-order valence-corrected chi connectivity index (χ0v) is 20.7. The van der Waals surface area contributed by atoms with Gasteiger partial charge < -0.3 is 10.1 Å². The van der Waals surface area contributed by atoms with Gasteiger partial charge in [0.2, 0.25) is 5.91 Å². The number of anilines is 2. The summed E-state index contributed by atoms with van der Waals surface area (Å²) in [5, 5.41) is 14.6. The van der Waals surface area contributed by atoms with Crippen LogP contribution in [0.25, 0.3) is 0 Å². The molecular formula is C26H20ClN3O6S. The van der Waals surface area contributed by atoms with Gasteiger partial charge in [0, 0.05) is 11.1 Å². The lowest BCUT2D eigenvalue weighted by atomic mass is 10.2. The molecule has 11 heteroatoms. The van der Waals surface area contributed by atoms with E-state index >= 15 is 0 Å². The Bertz CT molecular complexity index is 1530. The number of ether oxygens (including phenoxy) is 1. The third-order valence-corrected chi connectivity index (χ3v) is 7.16. The van der Waals surface area contributed by atoms with Crippen molar-refractivity contribution in [1.82, 2.24) is 0 Å². The van der Waals surface area contributed by atoms with Crippen LogP contribution in [0, 0.1) is 10.1 Å². The molecule has 1 amide bonds. The van der Waals surface area contributed by atoms with E-state index in [0.717, 1.165) is 0 Å². The van der Waals surface area contributed by atoms with Gasteiger partial charge in [-0.2, -0.15) is 0 Å². The average molecular weight is 538 g/mol. The van der Waals surface area contributed by atoms with Crippen LogP contribution in [-0.4, -0.2) is 25.8 Å². The summed E-state index contributed by atoms with van der Waals surface area (Å²) in [6.45, 7) is -0.751. The number of rotatable bonds is 9. The van der Waals surface area contributed by atoms with Gasteiger partial charge in [0.15, 0.2) is 5.75 Å². The van der Waals surface area contributed by atoms with E-state index < -0.39 is 33.1 Å². The number of hydrogen-bond acceptors (Lipinski definition) is 6. The predicted molar refractivity (Wildman–Crippen MR) is 141 cm³/mol. The van der Waals surface area contributed by atoms with Crippen molar-refractivity contribution in [3.8, 4) is 11.5 Å². The summed E-state index contributed by atoms with van der Waals surface area (Å²) in [5.41, 5.74) is -0.523. The zero-order valence-electron chi connectivity index (χ0n) is 19.2. The van der Waals surface area contributed by atoms with Crippen LogP contribution in [0.1, 0.15) is 0 Å². The Morgan fingerprint density at radius 1 is 0.919 bits per heavy atom. The number of nitro benzene ring substituents is 1. The minimum Gasteiger partial charge on any atom is -0.455 e. The first-order valence-corrected chi connectivity index (χ1v) is 12.7. The quantitative estimate of drug-likeness (QED) is 0.210. The van der Waals surface area contributed by atoms with Gasteiger partial charge in [-0.25, -0.2) is 12.7 Å². The summed E-state index contributed by atoms with van der Waals surface area (Å²) in [6.07, 6.45) is 0. The van der Waals surface area contributed by atoms with Crippen molar-refractivity contribution in [3.05, 3.63) is 118 Å². The van der Waals surface area contributed by atoms with Gasteiger partial charge in [-0.15, -0.1) is 0 Å². The molecule has 0 saturated heterocycles. The molecule has 0 aliphatic heterocycles. The van der Waals surface area contributed by atoms with Crippen molar-refractivity contribution in [1.29, 1.82) is 0 Å². The van der Waals surface area contributed by atoms with Gasteiger partial charge >= 0.3 is 0 Å². The number of carbonyl (C=O) groups excluding carboxylic acids is 1. The zero-order chi connectivity index (χ0) is 26.4. The lowest BCUT2D eigenvalue weighted by Gasteiger charge is -2.24. The highest BCUT2D eigenvalue weighted by Crippen LogP contribution is 2.34. The first-order valence-electron chi connectivity index (χ1n) is 10.9. The molecule has 0 heterocycles. The second kappa shape index (κ2) is 11.1. The fourth-order valence-electron chi connectivity index (χ4n) is 3.47. The molecule has 0 radical (unpaired) electrons. The number of para-hydroxylation sites is 3. The van der Waals surface area contributed by atoms with Gasteiger partial charge in [0.25, 0.3) is 15.7 Å². The van der Waals surface area contributed by atoms with E-state index in [1.54, 1.807) is 42.5 Å². The van der Waals surface area contributed by atoms with Crippen LogP contribution >= 0.6 is 11.6 Å². The Morgan fingerprint density at radius 2 is 1.54 bits per heavy atom. The molecule has 0 saturated carbocycles. The number of benzene rings is 4. The number of nitrogens with one attached hydrogen (secondary N) is 1. The first-order chi connectivity index (χ1) is 17.8. The van der Waals surface area contributed by atoms with E-state index in [9.17, 15) is 23.3 Å². The molecule has 0 bridgehead atoms. The number of nitro groups is 1. The molecule has 0 aliphatic rings. The Morgan fingerprint density at radius 3 is 2.22 bits per heavy atom. The van der Waals surface area contributed by atoms with Crippen molar-refractivity contribution in [2.75, 3.05) is 16.2 Å². The summed E-state index contributed by atoms with van der Waals surface area (Å²) < 4.78 is 33.6. The summed E-state index contributed by atoms with van der Waals surface area (Å²) in [5.74, 6) is 0.0125. The Hall–Kier alpha value is -4.41. The first kappa shape index (κ1) is 25.7. The highest BCUT2D eigenvalue weighted by Gasteiger charge is 2.32. The summed E-state index contributed by atoms with van der Waals surface area (Å²) >= 11 is 6.13. The van der Waals surface area contributed by atoms with Crippen LogP contribution in [0.5, 0.6) is 11.5 Å². The molecule has 0 aromatic heterocycles. The van der Waals surface area contributed by atoms with Gasteiger partial charge in [0.05, 0.1) is 15.5 Å². The van der Waals surface area contributed by atoms with Crippen molar-refractivity contribution in [3.63, 3.8) is 0 Å². The fraction of sp³-hybridized carbons (Fsp3) is 0.0385. The van der Waals surface area contributed by atoms with Crippen molar-refractivity contribution < 1.29 is 22.9 Å². The average Bonchev–Trinajstić information content (AvgIpc) is 2.90. The Labute approximate surface area is 218 Å². The number of halogens is 1. The van der Waals surface area contributed by atoms with Crippen LogP contribution in [-0.2, 0) is 14.8 Å². The summed E-state index contributed by atoms with van der Waals surface area (Å²) in [7, 11) is -4.35. The Balaban J connectivity index is 1.69. The minimum absolute atomic E-state index is 0.128. The summed E-state index contributed by atoms with van der Waals surface area (Å²) in [4.78, 5) is 24.0. The molecule has 0 aliphatic carbocycles. The van der Waals surface area contributed by atoms with Crippen LogP contribution in [0.2, 0.25) is 5.02 Å². The molecule has 9 nitrogen and oxygen atoms in total. The van der Waals surface area contributed by atoms with Crippen molar-refractivity contribution in [2.45, 2.75) is 4.90 Å². The van der Waals surface area contributed by atoms with Gasteiger partial charge in [-0.05, 0) is 48.5 Å². The lowest BCUT2D eigenvalue weighted by Crippen LogP contribution is -2.38. The molecule has 0 fully saturated rings. The Kier molecular flexibility index (Phi) is 7.71. The summed E-state index contributed by atoms with van der Waals surface area (Å²) in [6, 6.07) is 26.1. The predicted octanol–water partition coefficient (Wildman–Crippen LogP) is 5.87. The second-order valence-electron chi connectivity index (χ2n) is 7.67. The van der Waals surface area contributed by atoms with Gasteiger partial charge in [-0.3, -0.25) is 14.9 Å². The van der Waals surface area contributed by atoms with E-state index in [4.69, 9.17) is 16.3 Å². The monoisotopic (exact) mass is 537 g/mol. The van der Waals surface area contributed by atoms with E-state index in [1.807, 2.05) is 6.07 Å². The maximum absolute atomic E-state index is 13.5. The smallest absolute Gasteiger partial charge is 0.293 e. The molecule has 0 atom stereocenters. The van der Waals surface area contributed by atoms with Crippen LogP contribution in [0.4, 0.5) is 17.1 Å². The standard InChI is InChI=1S/C26H20ClN3O6S/c27-19-15-16-25(36-20-9-3-1-4-10-20)22(17-19)28-26(31)18-29(23-13-7-8-14-24(23)30(32)33)37(34,35)21-11-5-2-6-12-21/h1-17H,18H2,(H,28,31). The van der Waals surface area contributed by atoms with Crippen LogP contribution < -0.4 is 14.4 Å². The number of sulfonamides is 1. The number of nitrogens with zero attached hydrogens (tertiary/aromatic N) is 2. The topological polar surface area (TPSA) is 119 Å². The number of carbonyl (C=O) groups is 1. The molecular weight excluding hydrogens is 518 g/mol. The second-order valence-corrected chi connectivity index (χ2v) is 9.97.